The Balaban J connectivity index is 2.70. The summed E-state index contributed by atoms with van der Waals surface area (Å²) in [5.74, 6) is -0.137. The molecule has 1 rings (SSSR count). The van der Waals surface area contributed by atoms with Crippen LogP contribution >= 0.6 is 0 Å². The Kier molecular flexibility index (Phi) is 3.14. The lowest BCUT2D eigenvalue weighted by Crippen LogP contribution is -2.04. The maximum atomic E-state index is 11.3. The van der Waals surface area contributed by atoms with Crippen LogP contribution in [0.1, 0.15) is 10.5 Å². The van der Waals surface area contributed by atoms with Gasteiger partial charge in [-0.2, -0.15) is 0 Å². The Morgan fingerprint density at radius 1 is 1.46 bits per heavy atom. The van der Waals surface area contributed by atoms with Crippen molar-refractivity contribution in [1.82, 2.24) is 14.9 Å². The predicted molar refractivity (Wildman–Crippen MR) is 49.2 cm³/mol. The molecule has 4 nitrogen and oxygen atoms in total. The van der Waals surface area contributed by atoms with Crippen molar-refractivity contribution in [3.05, 3.63) is 36.6 Å². The van der Waals surface area contributed by atoms with E-state index in [0.717, 1.165) is 0 Å². The smallest absolute Gasteiger partial charge is 0.207 e. The average Bonchev–Trinajstić information content (AvgIpc) is 2.15. The summed E-state index contributed by atoms with van der Waals surface area (Å²) >= 11 is 0. The Labute approximate surface area is 76.9 Å². The number of nitrogens with zero attached hydrogens (tertiary/aromatic N) is 3. The summed E-state index contributed by atoms with van der Waals surface area (Å²) in [6.45, 7) is 0. The maximum Gasteiger partial charge on any atom is 0.207 e. The van der Waals surface area contributed by atoms with E-state index in [2.05, 4.69) is 9.97 Å². The fraction of sp³-hybridized carbons (Fsp3) is 0.222. The number of hydrogen-bond acceptors (Lipinski definition) is 4. The van der Waals surface area contributed by atoms with Gasteiger partial charge in [0.2, 0.25) is 5.78 Å². The minimum Gasteiger partial charge on any atom is -0.383 e. The molecular weight excluding hydrogens is 166 g/mol. The van der Waals surface area contributed by atoms with Crippen LogP contribution in [0.2, 0.25) is 0 Å². The van der Waals surface area contributed by atoms with E-state index in [4.69, 9.17) is 0 Å². The monoisotopic (exact) mass is 177 g/mol. The van der Waals surface area contributed by atoms with Gasteiger partial charge in [-0.3, -0.25) is 9.78 Å². The summed E-state index contributed by atoms with van der Waals surface area (Å²) in [7, 11) is 3.70. The van der Waals surface area contributed by atoms with Gasteiger partial charge in [-0.05, 0) is 0 Å². The number of ketones is 1. The molecule has 0 saturated carbocycles. The summed E-state index contributed by atoms with van der Waals surface area (Å²) in [4.78, 5) is 20.8. The normalized spacial score (nSPS) is 10.3. The van der Waals surface area contributed by atoms with Crippen molar-refractivity contribution in [2.24, 2.45) is 0 Å². The molecule has 0 unspecified atom stereocenters. The molecule has 0 spiro atoms. The molecule has 1 heterocycles. The van der Waals surface area contributed by atoms with Crippen LogP contribution in [0.4, 0.5) is 0 Å². The minimum atomic E-state index is -0.137. The molecule has 0 aliphatic heterocycles. The maximum absolute atomic E-state index is 11.3. The second kappa shape index (κ2) is 4.35. The van der Waals surface area contributed by atoms with E-state index in [1.165, 1.54) is 24.7 Å². The van der Waals surface area contributed by atoms with Gasteiger partial charge in [0, 0.05) is 38.8 Å². The molecule has 4 heteroatoms. The third-order valence-corrected chi connectivity index (χ3v) is 1.34. The summed E-state index contributed by atoms with van der Waals surface area (Å²) in [5.41, 5.74) is 0.362. The van der Waals surface area contributed by atoms with Gasteiger partial charge in [-0.25, -0.2) is 4.98 Å². The fourth-order valence-corrected chi connectivity index (χ4v) is 0.728. The van der Waals surface area contributed by atoms with Crippen LogP contribution in [0.25, 0.3) is 0 Å². The van der Waals surface area contributed by atoms with Gasteiger partial charge < -0.3 is 4.90 Å². The number of hydrogen-bond donors (Lipinski definition) is 0. The van der Waals surface area contributed by atoms with Crippen molar-refractivity contribution in [3.63, 3.8) is 0 Å². The molecule has 1 aromatic heterocycles. The molecular formula is C9H11N3O. The fourth-order valence-electron chi connectivity index (χ4n) is 0.728. The third kappa shape index (κ3) is 3.02. The first-order valence-corrected chi connectivity index (χ1v) is 3.85. The minimum absolute atomic E-state index is 0.137. The number of rotatable bonds is 3. The third-order valence-electron chi connectivity index (χ3n) is 1.34. The van der Waals surface area contributed by atoms with E-state index in [-0.39, 0.29) is 5.78 Å². The van der Waals surface area contributed by atoms with Crippen LogP contribution < -0.4 is 0 Å². The molecule has 1 aromatic rings. The first-order chi connectivity index (χ1) is 6.20. The zero-order chi connectivity index (χ0) is 9.68. The molecule has 0 bridgehead atoms. The van der Waals surface area contributed by atoms with Gasteiger partial charge in [-0.15, -0.1) is 0 Å². The highest BCUT2D eigenvalue weighted by Gasteiger charge is 2.01. The second-order valence-electron chi connectivity index (χ2n) is 2.73. The standard InChI is InChI=1S/C9H11N3O/c1-12(2)6-3-9(13)8-7-10-4-5-11-8/h3-7H,1-2H3/b6-3-. The molecule has 0 N–H and O–H groups in total. The summed E-state index contributed by atoms with van der Waals surface area (Å²) < 4.78 is 0. The molecule has 0 fully saturated rings. The van der Waals surface area contributed by atoms with E-state index in [0.29, 0.717) is 5.69 Å². The van der Waals surface area contributed by atoms with Crippen molar-refractivity contribution < 1.29 is 4.79 Å². The summed E-state index contributed by atoms with van der Waals surface area (Å²) in [6.07, 6.45) is 7.62. The Bertz CT molecular complexity index is 306. The van der Waals surface area contributed by atoms with Gasteiger partial charge in [0.1, 0.15) is 5.69 Å². The van der Waals surface area contributed by atoms with E-state index in [9.17, 15) is 4.79 Å². The first kappa shape index (κ1) is 9.38. The number of carbonyl (C=O) groups is 1. The van der Waals surface area contributed by atoms with E-state index in [1.807, 2.05) is 14.1 Å². The molecule has 0 saturated heterocycles. The summed E-state index contributed by atoms with van der Waals surface area (Å²) in [5, 5.41) is 0. The number of aromatic nitrogens is 2. The Morgan fingerprint density at radius 3 is 2.77 bits per heavy atom. The molecule has 0 atom stereocenters. The highest BCUT2D eigenvalue weighted by molar-refractivity contribution is 6.02. The zero-order valence-corrected chi connectivity index (χ0v) is 7.64. The Hall–Kier alpha value is -1.71. The van der Waals surface area contributed by atoms with Crippen LogP contribution in [0.3, 0.4) is 0 Å². The van der Waals surface area contributed by atoms with E-state index < -0.39 is 0 Å². The molecule has 0 amide bonds. The molecule has 13 heavy (non-hydrogen) atoms. The van der Waals surface area contributed by atoms with Crippen molar-refractivity contribution in [1.29, 1.82) is 0 Å². The molecule has 68 valence electrons. The van der Waals surface area contributed by atoms with E-state index >= 15 is 0 Å². The van der Waals surface area contributed by atoms with Gasteiger partial charge in [0.25, 0.3) is 0 Å². The predicted octanol–water partition coefficient (Wildman–Crippen LogP) is 0.735. The molecule has 0 aliphatic rings. The van der Waals surface area contributed by atoms with Crippen molar-refractivity contribution >= 4 is 5.78 Å². The number of carbonyl (C=O) groups excluding carboxylic acids is 1. The lowest BCUT2D eigenvalue weighted by molar-refractivity contribution is 0.104. The zero-order valence-electron chi connectivity index (χ0n) is 7.64. The summed E-state index contributed by atoms with van der Waals surface area (Å²) in [6, 6.07) is 0. The Morgan fingerprint density at radius 2 is 2.23 bits per heavy atom. The highest BCUT2D eigenvalue weighted by Crippen LogP contribution is 1.93. The molecule has 0 radical (unpaired) electrons. The lowest BCUT2D eigenvalue weighted by atomic mass is 10.3. The van der Waals surface area contributed by atoms with Crippen molar-refractivity contribution in [3.8, 4) is 0 Å². The number of allylic oxidation sites excluding steroid dienone is 1. The lowest BCUT2D eigenvalue weighted by Gasteiger charge is -2.01. The largest absolute Gasteiger partial charge is 0.383 e. The van der Waals surface area contributed by atoms with Crippen LogP contribution in [0.15, 0.2) is 30.9 Å². The SMILES string of the molecule is CN(C)/C=C\C(=O)c1cnccn1. The topological polar surface area (TPSA) is 46.1 Å². The molecule has 0 aliphatic carbocycles. The highest BCUT2D eigenvalue weighted by atomic mass is 16.1. The van der Waals surface area contributed by atoms with Crippen LogP contribution in [0.5, 0.6) is 0 Å². The van der Waals surface area contributed by atoms with Gasteiger partial charge in [0.15, 0.2) is 0 Å². The van der Waals surface area contributed by atoms with Gasteiger partial charge >= 0.3 is 0 Å². The van der Waals surface area contributed by atoms with Crippen LogP contribution in [0, 0.1) is 0 Å². The first-order valence-electron chi connectivity index (χ1n) is 3.85. The second-order valence-corrected chi connectivity index (χ2v) is 2.73. The van der Waals surface area contributed by atoms with Crippen molar-refractivity contribution in [2.45, 2.75) is 0 Å². The van der Waals surface area contributed by atoms with E-state index in [1.54, 1.807) is 11.1 Å². The molecule has 0 aromatic carbocycles. The van der Waals surface area contributed by atoms with Crippen LogP contribution in [-0.4, -0.2) is 34.7 Å². The van der Waals surface area contributed by atoms with Gasteiger partial charge in [0.05, 0.1) is 6.20 Å². The van der Waals surface area contributed by atoms with Crippen LogP contribution in [-0.2, 0) is 0 Å². The quantitative estimate of drug-likeness (QED) is 0.504. The average molecular weight is 177 g/mol. The van der Waals surface area contributed by atoms with Crippen molar-refractivity contribution in [2.75, 3.05) is 14.1 Å². The van der Waals surface area contributed by atoms with Gasteiger partial charge in [-0.1, -0.05) is 0 Å².